The van der Waals surface area contributed by atoms with Crippen LogP contribution >= 0.6 is 15.9 Å². The number of hydrogen-bond acceptors (Lipinski definition) is 8. The molecule has 0 saturated carbocycles. The van der Waals surface area contributed by atoms with E-state index in [2.05, 4.69) is 40.2 Å². The summed E-state index contributed by atoms with van der Waals surface area (Å²) in [6.45, 7) is 0. The first-order valence-corrected chi connectivity index (χ1v) is 21.2. The lowest BCUT2D eigenvalue weighted by atomic mass is 10.1. The minimum absolute atomic E-state index is 0.612. The largest absolute Gasteiger partial charge is 0.456 e. The van der Waals surface area contributed by atoms with Crippen molar-refractivity contribution in [2.75, 3.05) is 0 Å². The standard InChI is InChI=1S/C27H16BrN3O.C27H17N3O/c28-20-12-14-23-22(16-20)21-13-11-19(15-24(21)32-23)27-30-25(17-7-3-1-4-8-17)29-26(31-27)18-9-5-2-6-10-18;1-3-9-18(10-4-1)25-28-26(19-11-5-2-6-12-19)30-27(29-25)20-15-16-22-21-13-7-8-14-23(21)31-24(22)17-20/h1-16H;1-17H. The summed E-state index contributed by atoms with van der Waals surface area (Å²) >= 11 is 3.55. The van der Waals surface area contributed by atoms with Crippen molar-refractivity contribution >= 4 is 59.8 Å². The Hall–Kier alpha value is -8.14. The summed E-state index contributed by atoms with van der Waals surface area (Å²) in [7, 11) is 0. The number of furan rings is 2. The van der Waals surface area contributed by atoms with Crippen LogP contribution in [0.3, 0.4) is 0 Å². The van der Waals surface area contributed by atoms with E-state index >= 15 is 0 Å². The second-order valence-electron chi connectivity index (χ2n) is 14.8. The first-order valence-electron chi connectivity index (χ1n) is 20.4. The van der Waals surface area contributed by atoms with E-state index in [0.717, 1.165) is 81.7 Å². The van der Waals surface area contributed by atoms with Gasteiger partial charge in [-0.25, -0.2) is 29.9 Å². The van der Waals surface area contributed by atoms with Gasteiger partial charge in [-0.3, -0.25) is 0 Å². The predicted molar refractivity (Wildman–Crippen MR) is 255 cm³/mol. The van der Waals surface area contributed by atoms with E-state index in [1.54, 1.807) is 0 Å². The zero-order valence-corrected chi connectivity index (χ0v) is 35.0. The molecule has 0 aliphatic rings. The van der Waals surface area contributed by atoms with Crippen molar-refractivity contribution in [3.8, 4) is 68.3 Å². The van der Waals surface area contributed by atoms with Crippen LogP contribution in [0.2, 0.25) is 0 Å². The summed E-state index contributed by atoms with van der Waals surface area (Å²) in [4.78, 5) is 28.7. The third-order valence-corrected chi connectivity index (χ3v) is 11.2. The van der Waals surface area contributed by atoms with Crippen LogP contribution in [0.5, 0.6) is 0 Å². The summed E-state index contributed by atoms with van der Waals surface area (Å²) in [5.74, 6) is 3.81. The van der Waals surface area contributed by atoms with Gasteiger partial charge in [-0.1, -0.05) is 168 Å². The normalized spacial score (nSPS) is 11.3. The topological polar surface area (TPSA) is 104 Å². The highest BCUT2D eigenvalue weighted by atomic mass is 79.9. The lowest BCUT2D eigenvalue weighted by Crippen LogP contribution is -2.00. The molecule has 12 aromatic rings. The maximum atomic E-state index is 6.11. The van der Waals surface area contributed by atoms with E-state index in [1.165, 1.54) is 0 Å². The fourth-order valence-electron chi connectivity index (χ4n) is 7.63. The molecule has 0 bridgehead atoms. The minimum atomic E-state index is 0.612. The third kappa shape index (κ3) is 7.62. The van der Waals surface area contributed by atoms with Crippen LogP contribution in [-0.4, -0.2) is 29.9 Å². The molecule has 4 aromatic heterocycles. The number of hydrogen-bond donors (Lipinski definition) is 0. The molecule has 0 amide bonds. The van der Waals surface area contributed by atoms with Gasteiger partial charge in [-0.15, -0.1) is 0 Å². The molecule has 0 atom stereocenters. The third-order valence-electron chi connectivity index (χ3n) is 10.7. The van der Waals surface area contributed by atoms with Crippen LogP contribution in [0.1, 0.15) is 0 Å². The van der Waals surface area contributed by atoms with Crippen LogP contribution < -0.4 is 0 Å². The van der Waals surface area contributed by atoms with Crippen LogP contribution in [-0.2, 0) is 0 Å². The summed E-state index contributed by atoms with van der Waals surface area (Å²) in [5, 5.41) is 4.33. The van der Waals surface area contributed by atoms with E-state index in [9.17, 15) is 0 Å². The molecule has 63 heavy (non-hydrogen) atoms. The molecular weight excluding hydrogens is 845 g/mol. The van der Waals surface area contributed by atoms with Crippen molar-refractivity contribution in [1.82, 2.24) is 29.9 Å². The highest BCUT2D eigenvalue weighted by molar-refractivity contribution is 9.10. The molecule has 0 aliphatic carbocycles. The molecule has 8 aromatic carbocycles. The molecule has 0 radical (unpaired) electrons. The van der Waals surface area contributed by atoms with Gasteiger partial charge in [0.05, 0.1) is 0 Å². The average molecular weight is 878 g/mol. The van der Waals surface area contributed by atoms with Gasteiger partial charge >= 0.3 is 0 Å². The van der Waals surface area contributed by atoms with Crippen molar-refractivity contribution < 1.29 is 8.83 Å². The van der Waals surface area contributed by atoms with Crippen LogP contribution in [0.25, 0.3) is 112 Å². The maximum absolute atomic E-state index is 6.11. The predicted octanol–water partition coefficient (Wildman–Crippen LogP) is 14.3. The summed E-state index contributed by atoms with van der Waals surface area (Å²) in [6.07, 6.45) is 0. The number of nitrogens with zero attached hydrogens (tertiary/aromatic N) is 6. The van der Waals surface area contributed by atoms with Crippen LogP contribution in [0.15, 0.2) is 213 Å². The van der Waals surface area contributed by atoms with Gasteiger partial charge in [0, 0.05) is 59.4 Å². The molecule has 0 fully saturated rings. The zero-order chi connectivity index (χ0) is 42.1. The first kappa shape index (κ1) is 37.8. The van der Waals surface area contributed by atoms with E-state index < -0.39 is 0 Å². The Morgan fingerprint density at radius 3 is 1.02 bits per heavy atom. The molecule has 0 aliphatic heterocycles. The van der Waals surface area contributed by atoms with Crippen molar-refractivity contribution in [3.05, 3.63) is 205 Å². The van der Waals surface area contributed by atoms with Gasteiger partial charge in [0.2, 0.25) is 0 Å². The number of benzene rings is 8. The molecule has 0 N–H and O–H groups in total. The Labute approximate surface area is 369 Å². The molecule has 9 heteroatoms. The Balaban J connectivity index is 0.000000141. The van der Waals surface area contributed by atoms with Gasteiger partial charge in [-0.05, 0) is 48.5 Å². The Bertz CT molecular complexity index is 3460. The molecule has 8 nitrogen and oxygen atoms in total. The highest BCUT2D eigenvalue weighted by Crippen LogP contribution is 2.35. The van der Waals surface area contributed by atoms with Crippen molar-refractivity contribution in [2.24, 2.45) is 0 Å². The first-order chi connectivity index (χ1) is 31.1. The van der Waals surface area contributed by atoms with Crippen molar-refractivity contribution in [3.63, 3.8) is 0 Å². The average Bonchev–Trinajstić information content (AvgIpc) is 3.92. The van der Waals surface area contributed by atoms with Gasteiger partial charge in [0.15, 0.2) is 34.9 Å². The number of rotatable bonds is 6. The summed E-state index contributed by atoms with van der Waals surface area (Å²) in [5.41, 5.74) is 8.93. The van der Waals surface area contributed by atoms with Gasteiger partial charge < -0.3 is 8.83 Å². The van der Waals surface area contributed by atoms with Gasteiger partial charge in [0.1, 0.15) is 22.3 Å². The quantitative estimate of drug-likeness (QED) is 0.163. The zero-order valence-electron chi connectivity index (χ0n) is 33.4. The number of para-hydroxylation sites is 1. The Morgan fingerprint density at radius 2 is 0.587 bits per heavy atom. The SMILES string of the molecule is Brc1ccc2oc3cc(-c4nc(-c5ccccc5)nc(-c5ccccc5)n4)ccc3c2c1.c1ccc(-c2nc(-c3ccccc3)nc(-c3ccc4c(c3)oc3ccccc34)n2)cc1. The van der Waals surface area contributed by atoms with E-state index in [4.69, 9.17) is 38.7 Å². The second-order valence-corrected chi connectivity index (χ2v) is 15.8. The fourth-order valence-corrected chi connectivity index (χ4v) is 7.99. The molecule has 12 rings (SSSR count). The van der Waals surface area contributed by atoms with E-state index in [-0.39, 0.29) is 0 Å². The molecule has 0 spiro atoms. The van der Waals surface area contributed by atoms with Crippen molar-refractivity contribution in [1.29, 1.82) is 0 Å². The Morgan fingerprint density at radius 1 is 0.254 bits per heavy atom. The molecule has 0 unspecified atom stereocenters. The molecular formula is C54H33BrN6O2. The highest BCUT2D eigenvalue weighted by Gasteiger charge is 2.16. The van der Waals surface area contributed by atoms with Crippen molar-refractivity contribution in [2.45, 2.75) is 0 Å². The minimum Gasteiger partial charge on any atom is -0.456 e. The monoisotopic (exact) mass is 876 g/mol. The smallest absolute Gasteiger partial charge is 0.164 e. The number of aromatic nitrogens is 6. The fraction of sp³-hybridized carbons (Fsp3) is 0. The van der Waals surface area contributed by atoms with E-state index in [0.29, 0.717) is 34.9 Å². The summed E-state index contributed by atoms with van der Waals surface area (Å²) < 4.78 is 13.2. The van der Waals surface area contributed by atoms with Crippen LogP contribution in [0.4, 0.5) is 0 Å². The molecule has 0 saturated heterocycles. The molecule has 4 heterocycles. The number of halogens is 1. The van der Waals surface area contributed by atoms with Crippen LogP contribution in [0, 0.1) is 0 Å². The lowest BCUT2D eigenvalue weighted by Gasteiger charge is -2.08. The molecule has 298 valence electrons. The summed E-state index contributed by atoms with van der Waals surface area (Å²) in [6, 6.07) is 66.2. The Kier molecular flexibility index (Phi) is 9.83. The second kappa shape index (κ2) is 16.4. The maximum Gasteiger partial charge on any atom is 0.164 e. The number of fused-ring (bicyclic) bond motifs is 6. The van der Waals surface area contributed by atoms with E-state index in [1.807, 2.05) is 176 Å². The lowest BCUT2D eigenvalue weighted by molar-refractivity contribution is 0.668. The van der Waals surface area contributed by atoms with Gasteiger partial charge in [-0.2, -0.15) is 0 Å². The van der Waals surface area contributed by atoms with Gasteiger partial charge in [0.25, 0.3) is 0 Å².